The summed E-state index contributed by atoms with van der Waals surface area (Å²) >= 11 is 0. The van der Waals surface area contributed by atoms with Crippen LogP contribution in [0.2, 0.25) is 0 Å². The number of carboxylic acids is 1. The molecular formula is C11H12N2O2. The maximum Gasteiger partial charge on any atom is 0.354 e. The lowest BCUT2D eigenvalue weighted by Crippen LogP contribution is -2.15. The highest BCUT2D eigenvalue weighted by Gasteiger charge is 2.06. The van der Waals surface area contributed by atoms with Crippen molar-refractivity contribution < 1.29 is 9.90 Å². The van der Waals surface area contributed by atoms with Crippen LogP contribution < -0.4 is 5.32 Å². The number of carboxylic acid groups (broad SMARTS) is 1. The average Bonchev–Trinajstić information content (AvgIpc) is 2.18. The van der Waals surface area contributed by atoms with E-state index in [9.17, 15) is 4.79 Å². The summed E-state index contributed by atoms with van der Waals surface area (Å²) in [6, 6.07) is 4.87. The molecule has 0 bridgehead atoms. The number of nitrogens with one attached hydrogen (secondary N) is 1. The molecule has 1 atom stereocenters. The second-order valence-electron chi connectivity index (χ2n) is 3.17. The van der Waals surface area contributed by atoms with Gasteiger partial charge < -0.3 is 10.4 Å². The van der Waals surface area contributed by atoms with Crippen molar-refractivity contribution in [2.45, 2.75) is 19.4 Å². The van der Waals surface area contributed by atoms with Crippen molar-refractivity contribution in [1.82, 2.24) is 4.98 Å². The lowest BCUT2D eigenvalue weighted by molar-refractivity contribution is 0.0690. The molecule has 0 aliphatic heterocycles. The largest absolute Gasteiger partial charge is 0.477 e. The topological polar surface area (TPSA) is 62.2 Å². The first kappa shape index (κ1) is 11.1. The number of rotatable bonds is 4. The van der Waals surface area contributed by atoms with Crippen LogP contribution >= 0.6 is 0 Å². The molecule has 0 radical (unpaired) electrons. The normalized spacial score (nSPS) is 11.5. The van der Waals surface area contributed by atoms with Gasteiger partial charge in [-0.15, -0.1) is 12.3 Å². The smallest absolute Gasteiger partial charge is 0.354 e. The van der Waals surface area contributed by atoms with Crippen molar-refractivity contribution >= 4 is 11.8 Å². The van der Waals surface area contributed by atoms with Crippen LogP contribution in [-0.2, 0) is 0 Å². The molecule has 4 nitrogen and oxygen atoms in total. The second-order valence-corrected chi connectivity index (χ2v) is 3.17. The third-order valence-corrected chi connectivity index (χ3v) is 1.79. The summed E-state index contributed by atoms with van der Waals surface area (Å²) < 4.78 is 0. The molecule has 0 fully saturated rings. The lowest BCUT2D eigenvalue weighted by Gasteiger charge is -2.11. The van der Waals surface area contributed by atoms with E-state index >= 15 is 0 Å². The summed E-state index contributed by atoms with van der Waals surface area (Å²) in [5, 5.41) is 11.7. The number of hydrogen-bond donors (Lipinski definition) is 2. The average molecular weight is 204 g/mol. The van der Waals surface area contributed by atoms with Gasteiger partial charge in [-0.3, -0.25) is 0 Å². The third-order valence-electron chi connectivity index (χ3n) is 1.79. The Morgan fingerprint density at radius 1 is 1.73 bits per heavy atom. The molecule has 15 heavy (non-hydrogen) atoms. The first-order valence-electron chi connectivity index (χ1n) is 4.54. The Morgan fingerprint density at radius 3 is 3.07 bits per heavy atom. The van der Waals surface area contributed by atoms with Crippen molar-refractivity contribution in [3.63, 3.8) is 0 Å². The van der Waals surface area contributed by atoms with Gasteiger partial charge in [0.15, 0.2) is 5.69 Å². The zero-order chi connectivity index (χ0) is 11.3. The van der Waals surface area contributed by atoms with Crippen LogP contribution in [0.15, 0.2) is 18.2 Å². The van der Waals surface area contributed by atoms with E-state index in [1.54, 1.807) is 12.1 Å². The summed E-state index contributed by atoms with van der Waals surface area (Å²) in [5.74, 6) is 2.01. The van der Waals surface area contributed by atoms with Crippen LogP contribution in [0.3, 0.4) is 0 Å². The molecule has 1 aromatic heterocycles. The number of hydrogen-bond acceptors (Lipinski definition) is 3. The number of aromatic carboxylic acids is 1. The fourth-order valence-electron chi connectivity index (χ4n) is 1.11. The van der Waals surface area contributed by atoms with Crippen LogP contribution in [0.25, 0.3) is 0 Å². The van der Waals surface area contributed by atoms with Crippen molar-refractivity contribution in [3.8, 4) is 12.3 Å². The first-order valence-corrected chi connectivity index (χ1v) is 4.54. The van der Waals surface area contributed by atoms with Crippen LogP contribution in [-0.4, -0.2) is 22.1 Å². The van der Waals surface area contributed by atoms with E-state index < -0.39 is 5.97 Å². The molecule has 1 heterocycles. The van der Waals surface area contributed by atoms with Gasteiger partial charge in [-0.1, -0.05) is 6.07 Å². The quantitative estimate of drug-likeness (QED) is 0.731. The van der Waals surface area contributed by atoms with Crippen molar-refractivity contribution in [2.24, 2.45) is 0 Å². The number of anilines is 1. The minimum absolute atomic E-state index is 0.0212. The van der Waals surface area contributed by atoms with Gasteiger partial charge >= 0.3 is 5.97 Å². The standard InChI is InChI=1S/C11H12N2O2/c1-3-5-8(2)12-10-7-4-6-9(13-10)11(14)15/h1,4,6-8H,5H2,2H3,(H,12,13)(H,14,15). The summed E-state index contributed by atoms with van der Waals surface area (Å²) in [5.41, 5.74) is 0.0212. The number of aromatic nitrogens is 1. The molecule has 4 heteroatoms. The van der Waals surface area contributed by atoms with Gasteiger partial charge in [-0.2, -0.15) is 0 Å². The highest BCUT2D eigenvalue weighted by Crippen LogP contribution is 2.07. The van der Waals surface area contributed by atoms with E-state index in [4.69, 9.17) is 11.5 Å². The van der Waals surface area contributed by atoms with E-state index in [-0.39, 0.29) is 11.7 Å². The van der Waals surface area contributed by atoms with Crippen LogP contribution in [0.4, 0.5) is 5.82 Å². The summed E-state index contributed by atoms with van der Waals surface area (Å²) in [6.07, 6.45) is 5.73. The van der Waals surface area contributed by atoms with E-state index in [0.29, 0.717) is 12.2 Å². The number of carbonyl (C=O) groups is 1. The predicted octanol–water partition coefficient (Wildman–Crippen LogP) is 1.60. The number of nitrogens with zero attached hydrogens (tertiary/aromatic N) is 1. The molecule has 78 valence electrons. The molecule has 0 saturated heterocycles. The van der Waals surface area contributed by atoms with Crippen LogP contribution in [0.5, 0.6) is 0 Å². The Labute approximate surface area is 88.3 Å². The van der Waals surface area contributed by atoms with E-state index in [1.807, 2.05) is 6.92 Å². The minimum atomic E-state index is -1.04. The zero-order valence-electron chi connectivity index (χ0n) is 8.40. The Morgan fingerprint density at radius 2 is 2.47 bits per heavy atom. The van der Waals surface area contributed by atoms with Crippen LogP contribution in [0.1, 0.15) is 23.8 Å². The molecule has 1 unspecified atom stereocenters. The molecule has 0 amide bonds. The minimum Gasteiger partial charge on any atom is -0.477 e. The van der Waals surface area contributed by atoms with Crippen LogP contribution in [0, 0.1) is 12.3 Å². The molecule has 0 aliphatic carbocycles. The van der Waals surface area contributed by atoms with Gasteiger partial charge in [0.1, 0.15) is 5.82 Å². The number of terminal acetylenes is 1. The summed E-state index contributed by atoms with van der Waals surface area (Å²) in [4.78, 5) is 14.6. The third kappa shape index (κ3) is 3.31. The van der Waals surface area contributed by atoms with Gasteiger partial charge in [0.05, 0.1) is 0 Å². The second kappa shape index (κ2) is 5.01. The molecule has 1 aromatic rings. The molecule has 0 aliphatic rings. The van der Waals surface area contributed by atoms with E-state index in [1.165, 1.54) is 6.07 Å². The monoisotopic (exact) mass is 204 g/mol. The molecule has 0 aromatic carbocycles. The highest BCUT2D eigenvalue weighted by atomic mass is 16.4. The van der Waals surface area contributed by atoms with Gasteiger partial charge in [0.25, 0.3) is 0 Å². The Hall–Kier alpha value is -2.02. The number of pyridine rings is 1. The molecule has 1 rings (SSSR count). The van der Waals surface area contributed by atoms with Gasteiger partial charge in [-0.25, -0.2) is 9.78 Å². The van der Waals surface area contributed by atoms with Gasteiger partial charge in [0.2, 0.25) is 0 Å². The van der Waals surface area contributed by atoms with Gasteiger partial charge in [0, 0.05) is 12.5 Å². The van der Waals surface area contributed by atoms with Crippen molar-refractivity contribution in [3.05, 3.63) is 23.9 Å². The Bertz CT molecular complexity index is 396. The Balaban J connectivity index is 2.74. The van der Waals surface area contributed by atoms with Gasteiger partial charge in [-0.05, 0) is 19.1 Å². The van der Waals surface area contributed by atoms with Crippen molar-refractivity contribution in [1.29, 1.82) is 0 Å². The SMILES string of the molecule is C#CCC(C)Nc1cccc(C(=O)O)n1. The first-order chi connectivity index (χ1) is 7.13. The molecule has 0 spiro atoms. The van der Waals surface area contributed by atoms with E-state index in [0.717, 1.165) is 0 Å². The molecule has 2 N–H and O–H groups in total. The Kier molecular flexibility index (Phi) is 3.69. The molecule has 0 saturated carbocycles. The molecular weight excluding hydrogens is 192 g/mol. The van der Waals surface area contributed by atoms with E-state index in [2.05, 4.69) is 16.2 Å². The zero-order valence-corrected chi connectivity index (χ0v) is 8.40. The maximum atomic E-state index is 10.6. The fraction of sp³-hybridized carbons (Fsp3) is 0.273. The van der Waals surface area contributed by atoms with Crippen molar-refractivity contribution in [2.75, 3.05) is 5.32 Å². The predicted molar refractivity (Wildman–Crippen MR) is 57.7 cm³/mol. The lowest BCUT2D eigenvalue weighted by atomic mass is 10.2. The maximum absolute atomic E-state index is 10.6. The fourth-order valence-corrected chi connectivity index (χ4v) is 1.11. The summed E-state index contributed by atoms with van der Waals surface area (Å²) in [7, 11) is 0. The highest BCUT2D eigenvalue weighted by molar-refractivity contribution is 5.85. The summed E-state index contributed by atoms with van der Waals surface area (Å²) in [6.45, 7) is 1.91.